The van der Waals surface area contributed by atoms with Crippen LogP contribution in [0.2, 0.25) is 5.02 Å². The highest BCUT2D eigenvalue weighted by atomic mass is 35.5. The molecule has 1 saturated carbocycles. The molecule has 4 heteroatoms. The first-order valence-electron chi connectivity index (χ1n) is 7.48. The Hall–Kier alpha value is -0.770. The second-order valence-corrected chi connectivity index (χ2v) is 6.38. The maximum atomic E-state index is 9.29. The molecule has 0 aromatic heterocycles. The van der Waals surface area contributed by atoms with Gasteiger partial charge >= 0.3 is 0 Å². The number of rotatable bonds is 8. The van der Waals surface area contributed by atoms with Crippen molar-refractivity contribution in [2.45, 2.75) is 39.3 Å². The fraction of sp³-hybridized carbons (Fsp3) is 0.625. The highest BCUT2D eigenvalue weighted by Crippen LogP contribution is 2.34. The molecule has 1 fully saturated rings. The Bertz CT molecular complexity index is 432. The minimum atomic E-state index is 0.192. The van der Waals surface area contributed by atoms with Crippen LogP contribution in [0.5, 0.6) is 0 Å². The largest absolute Gasteiger partial charge is 0.395 e. The maximum Gasteiger partial charge on any atom is 0.0606 e. The number of benzene rings is 1. The third-order valence-corrected chi connectivity index (χ3v) is 3.78. The number of anilines is 1. The van der Waals surface area contributed by atoms with Gasteiger partial charge in [0.15, 0.2) is 0 Å². The summed E-state index contributed by atoms with van der Waals surface area (Å²) in [5.41, 5.74) is 2.43. The summed E-state index contributed by atoms with van der Waals surface area (Å²) >= 11 is 6.14. The van der Waals surface area contributed by atoms with Crippen molar-refractivity contribution in [3.63, 3.8) is 0 Å². The lowest BCUT2D eigenvalue weighted by atomic mass is 10.1. The average molecular weight is 297 g/mol. The molecule has 0 spiro atoms. The molecular formula is C16H25ClN2O. The van der Waals surface area contributed by atoms with E-state index in [0.717, 1.165) is 18.1 Å². The van der Waals surface area contributed by atoms with E-state index in [0.29, 0.717) is 18.5 Å². The summed E-state index contributed by atoms with van der Waals surface area (Å²) in [7, 11) is 0. The molecule has 0 heterocycles. The molecule has 1 aromatic rings. The van der Waals surface area contributed by atoms with E-state index in [-0.39, 0.29) is 6.61 Å². The predicted octanol–water partition coefficient (Wildman–Crippen LogP) is 3.05. The number of aliphatic hydroxyl groups excluding tert-OH is 1. The normalized spacial score (nSPS) is 14.8. The van der Waals surface area contributed by atoms with Crippen LogP contribution in [0.3, 0.4) is 0 Å². The van der Waals surface area contributed by atoms with E-state index >= 15 is 0 Å². The summed E-state index contributed by atoms with van der Waals surface area (Å²) in [6, 6.07) is 6.65. The summed E-state index contributed by atoms with van der Waals surface area (Å²) < 4.78 is 0. The number of halogens is 1. The van der Waals surface area contributed by atoms with Crippen LogP contribution >= 0.6 is 11.6 Å². The lowest BCUT2D eigenvalue weighted by Gasteiger charge is -2.27. The molecule has 2 N–H and O–H groups in total. The standard InChI is InChI=1S/C16H25ClN2O/c1-12(2)10-18-11-13-9-14(17)3-6-16(13)19(7-8-20)15-4-5-15/h3,6,9,12,15,18,20H,4-5,7-8,10-11H2,1-2H3. The van der Waals surface area contributed by atoms with Crippen LogP contribution < -0.4 is 10.2 Å². The zero-order valence-electron chi connectivity index (χ0n) is 12.4. The molecule has 3 nitrogen and oxygen atoms in total. The number of aliphatic hydroxyl groups is 1. The molecular weight excluding hydrogens is 272 g/mol. The Balaban J connectivity index is 2.13. The molecule has 0 atom stereocenters. The fourth-order valence-electron chi connectivity index (χ4n) is 2.47. The van der Waals surface area contributed by atoms with Crippen molar-refractivity contribution in [1.29, 1.82) is 0 Å². The third-order valence-electron chi connectivity index (χ3n) is 3.55. The molecule has 1 aliphatic rings. The van der Waals surface area contributed by atoms with Crippen LogP contribution in [0, 0.1) is 5.92 Å². The van der Waals surface area contributed by atoms with E-state index in [1.807, 2.05) is 12.1 Å². The summed E-state index contributed by atoms with van der Waals surface area (Å²) in [4.78, 5) is 2.32. The summed E-state index contributed by atoms with van der Waals surface area (Å²) in [6.45, 7) is 7.11. The van der Waals surface area contributed by atoms with Crippen molar-refractivity contribution < 1.29 is 5.11 Å². The summed E-state index contributed by atoms with van der Waals surface area (Å²) in [5, 5.41) is 13.5. The van der Waals surface area contributed by atoms with Gasteiger partial charge in [0, 0.05) is 29.8 Å². The van der Waals surface area contributed by atoms with Crippen molar-refractivity contribution in [2.24, 2.45) is 5.92 Å². The van der Waals surface area contributed by atoms with Gasteiger partial charge in [-0.05, 0) is 49.1 Å². The quantitative estimate of drug-likeness (QED) is 0.774. The first kappa shape index (κ1) is 15.6. The van der Waals surface area contributed by atoms with Gasteiger partial charge in [-0.2, -0.15) is 0 Å². The van der Waals surface area contributed by atoms with Crippen molar-refractivity contribution in [1.82, 2.24) is 5.32 Å². The van der Waals surface area contributed by atoms with E-state index in [1.54, 1.807) is 0 Å². The predicted molar refractivity (Wildman–Crippen MR) is 85.5 cm³/mol. The Morgan fingerprint density at radius 1 is 1.40 bits per heavy atom. The smallest absolute Gasteiger partial charge is 0.0606 e. The Kier molecular flexibility index (Phi) is 5.70. The lowest BCUT2D eigenvalue weighted by molar-refractivity contribution is 0.301. The first-order chi connectivity index (χ1) is 9.61. The number of nitrogens with zero attached hydrogens (tertiary/aromatic N) is 1. The van der Waals surface area contributed by atoms with Crippen molar-refractivity contribution in [3.05, 3.63) is 28.8 Å². The van der Waals surface area contributed by atoms with Crippen molar-refractivity contribution in [2.75, 3.05) is 24.6 Å². The minimum absolute atomic E-state index is 0.192. The molecule has 0 aliphatic heterocycles. The Morgan fingerprint density at radius 3 is 2.75 bits per heavy atom. The molecule has 0 radical (unpaired) electrons. The van der Waals surface area contributed by atoms with Crippen LogP contribution in [0.1, 0.15) is 32.3 Å². The Labute approximate surface area is 126 Å². The van der Waals surface area contributed by atoms with Gasteiger partial charge < -0.3 is 15.3 Å². The average Bonchev–Trinajstić information content (AvgIpc) is 3.21. The van der Waals surface area contributed by atoms with E-state index in [1.165, 1.54) is 24.1 Å². The van der Waals surface area contributed by atoms with E-state index in [4.69, 9.17) is 11.6 Å². The van der Waals surface area contributed by atoms with Crippen LogP contribution in [0.25, 0.3) is 0 Å². The molecule has 0 amide bonds. The summed E-state index contributed by atoms with van der Waals surface area (Å²) in [6.07, 6.45) is 2.45. The number of hydrogen-bond donors (Lipinski definition) is 2. The first-order valence-corrected chi connectivity index (χ1v) is 7.86. The van der Waals surface area contributed by atoms with Crippen LogP contribution in [-0.2, 0) is 6.54 Å². The van der Waals surface area contributed by atoms with Crippen molar-refractivity contribution in [3.8, 4) is 0 Å². The molecule has 20 heavy (non-hydrogen) atoms. The van der Waals surface area contributed by atoms with Gasteiger partial charge in [0.2, 0.25) is 0 Å². The van der Waals surface area contributed by atoms with E-state index in [9.17, 15) is 5.11 Å². The summed E-state index contributed by atoms with van der Waals surface area (Å²) in [5.74, 6) is 0.634. The molecule has 112 valence electrons. The van der Waals surface area contributed by atoms with Gasteiger partial charge in [-0.3, -0.25) is 0 Å². The topological polar surface area (TPSA) is 35.5 Å². The van der Waals surface area contributed by atoms with Gasteiger partial charge in [-0.25, -0.2) is 0 Å². The van der Waals surface area contributed by atoms with E-state index < -0.39 is 0 Å². The van der Waals surface area contributed by atoms with Gasteiger partial charge in [0.1, 0.15) is 0 Å². The molecule has 1 aliphatic carbocycles. The SMILES string of the molecule is CC(C)CNCc1cc(Cl)ccc1N(CCO)C1CC1. The highest BCUT2D eigenvalue weighted by molar-refractivity contribution is 6.30. The molecule has 0 saturated heterocycles. The highest BCUT2D eigenvalue weighted by Gasteiger charge is 2.29. The minimum Gasteiger partial charge on any atom is -0.395 e. The van der Waals surface area contributed by atoms with Gasteiger partial charge in [-0.15, -0.1) is 0 Å². The maximum absolute atomic E-state index is 9.29. The molecule has 2 rings (SSSR count). The Morgan fingerprint density at radius 2 is 2.15 bits per heavy atom. The fourth-order valence-corrected chi connectivity index (χ4v) is 2.66. The second kappa shape index (κ2) is 7.30. The van der Waals surface area contributed by atoms with Gasteiger partial charge in [0.05, 0.1) is 6.61 Å². The van der Waals surface area contributed by atoms with Gasteiger partial charge in [0.25, 0.3) is 0 Å². The third kappa shape index (κ3) is 4.37. The number of nitrogens with one attached hydrogen (secondary N) is 1. The lowest BCUT2D eigenvalue weighted by Crippen LogP contribution is -2.30. The van der Waals surface area contributed by atoms with Gasteiger partial charge in [-0.1, -0.05) is 25.4 Å². The van der Waals surface area contributed by atoms with Crippen molar-refractivity contribution >= 4 is 17.3 Å². The zero-order chi connectivity index (χ0) is 14.5. The molecule has 0 unspecified atom stereocenters. The van der Waals surface area contributed by atoms with E-state index in [2.05, 4.69) is 30.1 Å². The van der Waals surface area contributed by atoms with Crippen LogP contribution in [0.15, 0.2) is 18.2 Å². The molecule has 1 aromatic carbocycles. The van der Waals surface area contributed by atoms with Crippen LogP contribution in [-0.4, -0.2) is 30.8 Å². The molecule has 0 bridgehead atoms. The van der Waals surface area contributed by atoms with Crippen LogP contribution in [0.4, 0.5) is 5.69 Å². The number of hydrogen-bond acceptors (Lipinski definition) is 3. The second-order valence-electron chi connectivity index (χ2n) is 5.95. The monoisotopic (exact) mass is 296 g/mol. The zero-order valence-corrected chi connectivity index (χ0v) is 13.2.